The van der Waals surface area contributed by atoms with Crippen LogP contribution in [-0.2, 0) is 15.1 Å². The lowest BCUT2D eigenvalue weighted by Gasteiger charge is -2.36. The van der Waals surface area contributed by atoms with Gasteiger partial charge >= 0.3 is 5.97 Å². The molecule has 0 saturated heterocycles. The van der Waals surface area contributed by atoms with Crippen molar-refractivity contribution in [2.45, 2.75) is 50.0 Å². The molecular weight excluding hydrogens is 324 g/mol. The van der Waals surface area contributed by atoms with E-state index in [-0.39, 0.29) is 11.3 Å². The highest BCUT2D eigenvalue weighted by molar-refractivity contribution is 6.26. The van der Waals surface area contributed by atoms with Crippen molar-refractivity contribution in [2.75, 3.05) is 6.54 Å². The maximum absolute atomic E-state index is 12.9. The molecule has 2 heterocycles. The van der Waals surface area contributed by atoms with Crippen LogP contribution < -0.4 is 5.32 Å². The number of carbonyl (C=O) groups is 3. The van der Waals surface area contributed by atoms with E-state index in [4.69, 9.17) is 5.11 Å². The van der Waals surface area contributed by atoms with Gasteiger partial charge in [0.1, 0.15) is 23.4 Å². The molecule has 1 amide bonds. The Morgan fingerprint density at radius 2 is 1.96 bits per heavy atom. The van der Waals surface area contributed by atoms with E-state index < -0.39 is 29.7 Å². The van der Waals surface area contributed by atoms with Crippen molar-refractivity contribution in [3.63, 3.8) is 0 Å². The van der Waals surface area contributed by atoms with Gasteiger partial charge in [-0.1, -0.05) is 12.8 Å². The van der Waals surface area contributed by atoms with Crippen LogP contribution in [0.1, 0.15) is 60.5 Å². The molecule has 25 heavy (non-hydrogen) atoms. The highest BCUT2D eigenvalue weighted by atomic mass is 16.4. The molecule has 7 nitrogen and oxygen atoms in total. The van der Waals surface area contributed by atoms with Gasteiger partial charge in [0.25, 0.3) is 5.91 Å². The minimum atomic E-state index is -1.20. The monoisotopic (exact) mass is 344 g/mol. The number of amides is 1. The van der Waals surface area contributed by atoms with Crippen LogP contribution in [-0.4, -0.2) is 39.0 Å². The largest absolute Gasteiger partial charge is 0.509 e. The smallest absolute Gasteiger partial charge is 0.322 e. The Labute approximate surface area is 144 Å². The van der Waals surface area contributed by atoms with Crippen molar-refractivity contribution in [3.05, 3.63) is 34.9 Å². The molecular formula is C18H20N2O5. The van der Waals surface area contributed by atoms with E-state index in [1.54, 1.807) is 0 Å². The molecule has 0 radical (unpaired) electrons. The van der Waals surface area contributed by atoms with Crippen molar-refractivity contribution in [3.8, 4) is 0 Å². The van der Waals surface area contributed by atoms with E-state index in [0.29, 0.717) is 24.5 Å². The van der Waals surface area contributed by atoms with Gasteiger partial charge in [-0.05, 0) is 43.2 Å². The van der Waals surface area contributed by atoms with Gasteiger partial charge in [-0.3, -0.25) is 14.4 Å². The van der Waals surface area contributed by atoms with E-state index in [1.807, 2.05) is 16.8 Å². The summed E-state index contributed by atoms with van der Waals surface area (Å²) >= 11 is 0. The highest BCUT2D eigenvalue weighted by Crippen LogP contribution is 2.49. The number of carboxylic acid groups (broad SMARTS) is 1. The normalized spacial score (nSPS) is 21.5. The number of rotatable bonds is 4. The standard InChI is InChI=1S/C18H20N2O5/c21-13(22)8-19-17(25)14-15(23)12-7-11(10-3-4-10)9-20(12)18(16(14)24)5-1-2-6-18/h7,9-10,24H,1-6,8H2,(H,19,25)(H,21,22). The van der Waals surface area contributed by atoms with Crippen LogP contribution in [0.4, 0.5) is 0 Å². The first kappa shape index (κ1) is 15.9. The van der Waals surface area contributed by atoms with Crippen molar-refractivity contribution >= 4 is 17.7 Å². The number of ketones is 1. The molecule has 1 aromatic heterocycles. The number of fused-ring (bicyclic) bond motifs is 2. The molecule has 7 heteroatoms. The van der Waals surface area contributed by atoms with Crippen molar-refractivity contribution in [2.24, 2.45) is 0 Å². The molecule has 0 bridgehead atoms. The van der Waals surface area contributed by atoms with E-state index >= 15 is 0 Å². The zero-order chi connectivity index (χ0) is 17.8. The van der Waals surface area contributed by atoms with Gasteiger partial charge in [0.05, 0.1) is 5.69 Å². The molecule has 2 saturated carbocycles. The highest BCUT2D eigenvalue weighted by Gasteiger charge is 2.49. The molecule has 132 valence electrons. The number of Topliss-reactive ketones (excluding diaryl/α,β-unsaturated/α-hetero) is 1. The summed E-state index contributed by atoms with van der Waals surface area (Å²) in [5, 5.41) is 21.8. The maximum atomic E-state index is 12.9. The van der Waals surface area contributed by atoms with Gasteiger partial charge in [-0.25, -0.2) is 0 Å². The third-order valence-electron chi connectivity index (χ3n) is 5.55. The van der Waals surface area contributed by atoms with Crippen LogP contribution in [0.25, 0.3) is 0 Å². The Morgan fingerprint density at radius 1 is 1.28 bits per heavy atom. The van der Waals surface area contributed by atoms with Gasteiger partial charge < -0.3 is 20.1 Å². The molecule has 1 aromatic rings. The third-order valence-corrected chi connectivity index (χ3v) is 5.55. The summed E-state index contributed by atoms with van der Waals surface area (Å²) < 4.78 is 1.86. The fourth-order valence-electron chi connectivity index (χ4n) is 4.13. The Kier molecular flexibility index (Phi) is 3.49. The summed E-state index contributed by atoms with van der Waals surface area (Å²) in [4.78, 5) is 36.0. The van der Waals surface area contributed by atoms with Gasteiger partial charge in [0, 0.05) is 6.20 Å². The molecule has 2 aliphatic carbocycles. The molecule has 1 spiro atoms. The van der Waals surface area contributed by atoms with Gasteiger partial charge in [0.15, 0.2) is 0 Å². The zero-order valence-corrected chi connectivity index (χ0v) is 13.7. The zero-order valence-electron chi connectivity index (χ0n) is 13.7. The van der Waals surface area contributed by atoms with Crippen LogP contribution in [0, 0.1) is 0 Å². The number of aliphatic carboxylic acids is 1. The number of carboxylic acids is 1. The Balaban J connectivity index is 1.79. The van der Waals surface area contributed by atoms with Crippen molar-refractivity contribution < 1.29 is 24.6 Å². The summed E-state index contributed by atoms with van der Waals surface area (Å²) in [5.74, 6) is -2.33. The topological polar surface area (TPSA) is 109 Å². The average Bonchev–Trinajstić information content (AvgIpc) is 3.12. The van der Waals surface area contributed by atoms with E-state index in [1.165, 1.54) is 0 Å². The predicted molar refractivity (Wildman–Crippen MR) is 87.5 cm³/mol. The minimum Gasteiger partial charge on any atom is -0.509 e. The number of aliphatic hydroxyl groups excluding tert-OH is 1. The molecule has 1 aliphatic heterocycles. The van der Waals surface area contributed by atoms with Gasteiger partial charge in [0.2, 0.25) is 5.78 Å². The molecule has 4 rings (SSSR count). The molecule has 0 aromatic carbocycles. The van der Waals surface area contributed by atoms with Crippen LogP contribution in [0.3, 0.4) is 0 Å². The average molecular weight is 344 g/mol. The lowest BCUT2D eigenvalue weighted by molar-refractivity contribution is -0.137. The van der Waals surface area contributed by atoms with E-state index in [2.05, 4.69) is 5.32 Å². The number of allylic oxidation sites excluding steroid dienone is 1. The number of aliphatic hydroxyl groups is 1. The Morgan fingerprint density at radius 3 is 2.56 bits per heavy atom. The quantitative estimate of drug-likeness (QED) is 0.722. The summed E-state index contributed by atoms with van der Waals surface area (Å²) in [6.07, 6.45) is 7.27. The van der Waals surface area contributed by atoms with Crippen LogP contribution in [0.15, 0.2) is 23.6 Å². The fraction of sp³-hybridized carbons (Fsp3) is 0.500. The second-order valence-corrected chi connectivity index (χ2v) is 7.17. The Bertz CT molecular complexity index is 809. The summed E-state index contributed by atoms with van der Waals surface area (Å²) in [5.41, 5.74) is 0.430. The predicted octanol–water partition coefficient (Wildman–Crippen LogP) is 1.84. The van der Waals surface area contributed by atoms with Crippen LogP contribution in [0.2, 0.25) is 0 Å². The number of aromatic nitrogens is 1. The van der Waals surface area contributed by atoms with Crippen molar-refractivity contribution in [1.29, 1.82) is 0 Å². The Hall–Kier alpha value is -2.57. The lowest BCUT2D eigenvalue weighted by atomic mass is 9.85. The van der Waals surface area contributed by atoms with E-state index in [9.17, 15) is 19.5 Å². The van der Waals surface area contributed by atoms with Crippen molar-refractivity contribution in [1.82, 2.24) is 9.88 Å². The second-order valence-electron chi connectivity index (χ2n) is 7.17. The van der Waals surface area contributed by atoms with Crippen LogP contribution >= 0.6 is 0 Å². The second kappa shape index (κ2) is 5.47. The SMILES string of the molecule is O=C(O)CNC(=O)C1=C(O)C2(CCCC2)n2cc(C3CC3)cc2C1=O. The number of hydrogen-bond donors (Lipinski definition) is 3. The number of carbonyl (C=O) groups excluding carboxylic acids is 2. The van der Waals surface area contributed by atoms with Crippen LogP contribution in [0.5, 0.6) is 0 Å². The fourth-order valence-corrected chi connectivity index (χ4v) is 4.13. The third kappa shape index (κ3) is 2.37. The summed E-state index contributed by atoms with van der Waals surface area (Å²) in [6, 6.07) is 1.83. The molecule has 0 atom stereocenters. The lowest BCUT2D eigenvalue weighted by Crippen LogP contribution is -2.44. The van der Waals surface area contributed by atoms with Gasteiger partial charge in [-0.2, -0.15) is 0 Å². The minimum absolute atomic E-state index is 0.219. The first-order valence-electron chi connectivity index (χ1n) is 8.65. The summed E-state index contributed by atoms with van der Waals surface area (Å²) in [6.45, 7) is -0.593. The number of nitrogens with one attached hydrogen (secondary N) is 1. The number of hydrogen-bond acceptors (Lipinski definition) is 4. The van der Waals surface area contributed by atoms with E-state index in [0.717, 1.165) is 31.2 Å². The first-order chi connectivity index (χ1) is 11.9. The molecule has 0 unspecified atom stereocenters. The first-order valence-corrected chi connectivity index (χ1v) is 8.65. The number of nitrogens with zero attached hydrogens (tertiary/aromatic N) is 1. The maximum Gasteiger partial charge on any atom is 0.322 e. The molecule has 3 N–H and O–H groups in total. The molecule has 3 aliphatic rings. The molecule has 2 fully saturated rings. The summed E-state index contributed by atoms with van der Waals surface area (Å²) in [7, 11) is 0. The van der Waals surface area contributed by atoms with Gasteiger partial charge in [-0.15, -0.1) is 0 Å².